The molecular formula is C44H54N2O13. The first-order chi connectivity index (χ1) is 28.1. The van der Waals surface area contributed by atoms with Gasteiger partial charge in [-0.3, -0.25) is 24.0 Å². The van der Waals surface area contributed by atoms with E-state index in [4.69, 9.17) is 23.7 Å². The molecule has 1 aliphatic heterocycles. The number of allylic oxidation sites excluding steroid dienone is 1. The molecule has 4 N–H and O–H groups in total. The number of unbranched alkanes of at least 4 members (excludes halogenated alkanes) is 2. The predicted molar refractivity (Wildman–Crippen MR) is 218 cm³/mol. The van der Waals surface area contributed by atoms with Crippen LogP contribution in [0.4, 0.5) is 5.69 Å². The number of para-hydroxylation sites is 1. The van der Waals surface area contributed by atoms with Gasteiger partial charge in [-0.2, -0.15) is 0 Å². The number of hydrogen-bond acceptors (Lipinski definition) is 13. The number of carbonyl (C=O) groups excluding carboxylic acids is 6. The summed E-state index contributed by atoms with van der Waals surface area (Å²) in [5, 5.41) is 25.1. The molecule has 0 radical (unpaired) electrons. The van der Waals surface area contributed by atoms with Crippen LogP contribution in [-0.4, -0.2) is 84.8 Å². The number of anilines is 1. The topological polar surface area (TPSA) is 213 Å². The van der Waals surface area contributed by atoms with Crippen molar-refractivity contribution in [2.45, 2.75) is 91.1 Å². The highest BCUT2D eigenvalue weighted by atomic mass is 16.6. The van der Waals surface area contributed by atoms with E-state index in [-0.39, 0.29) is 46.4 Å². The Morgan fingerprint density at radius 2 is 1.59 bits per heavy atom. The number of ether oxygens (including phenoxy) is 5. The molecule has 0 bridgehead atoms. The molecule has 0 aliphatic carbocycles. The second kappa shape index (κ2) is 23.1. The first-order valence-electron chi connectivity index (χ1n) is 19.3. The largest absolute Gasteiger partial charge is 0.507 e. The van der Waals surface area contributed by atoms with Crippen LogP contribution in [0.1, 0.15) is 93.0 Å². The fourth-order valence-corrected chi connectivity index (χ4v) is 6.15. The maximum absolute atomic E-state index is 13.3. The number of benzene rings is 3. The summed E-state index contributed by atoms with van der Waals surface area (Å²) in [5.41, 5.74) is 0.802. The number of nitrogens with one attached hydrogen (secondary N) is 2. The molecular weight excluding hydrogens is 764 g/mol. The average molecular weight is 819 g/mol. The van der Waals surface area contributed by atoms with Crippen molar-refractivity contribution >= 4 is 47.8 Å². The van der Waals surface area contributed by atoms with Gasteiger partial charge in [0.05, 0.1) is 31.4 Å². The van der Waals surface area contributed by atoms with Crippen molar-refractivity contribution < 1.29 is 62.7 Å². The minimum Gasteiger partial charge on any atom is -0.507 e. The quantitative estimate of drug-likeness (QED) is 0.0235. The van der Waals surface area contributed by atoms with Crippen molar-refractivity contribution in [2.24, 2.45) is 11.8 Å². The summed E-state index contributed by atoms with van der Waals surface area (Å²) >= 11 is 0. The van der Waals surface area contributed by atoms with Crippen molar-refractivity contribution in [3.05, 3.63) is 83.4 Å². The van der Waals surface area contributed by atoms with Crippen LogP contribution in [-0.2, 0) is 33.4 Å². The van der Waals surface area contributed by atoms with Crippen LogP contribution in [0, 0.1) is 11.8 Å². The number of amides is 2. The molecule has 59 heavy (non-hydrogen) atoms. The second-order valence-electron chi connectivity index (χ2n) is 14.2. The van der Waals surface area contributed by atoms with E-state index in [0.29, 0.717) is 25.0 Å². The predicted octanol–water partition coefficient (Wildman–Crippen LogP) is 6.40. The van der Waals surface area contributed by atoms with E-state index in [1.54, 1.807) is 12.1 Å². The van der Waals surface area contributed by atoms with Gasteiger partial charge in [-0.05, 0) is 50.0 Å². The van der Waals surface area contributed by atoms with E-state index in [0.717, 1.165) is 18.4 Å². The van der Waals surface area contributed by atoms with Gasteiger partial charge >= 0.3 is 17.9 Å². The van der Waals surface area contributed by atoms with Crippen LogP contribution in [0.2, 0.25) is 0 Å². The third kappa shape index (κ3) is 13.6. The molecule has 2 amide bonds. The van der Waals surface area contributed by atoms with Crippen LogP contribution in [0.25, 0.3) is 6.08 Å². The lowest BCUT2D eigenvalue weighted by molar-refractivity contribution is -0.175. The van der Waals surface area contributed by atoms with E-state index in [1.165, 1.54) is 58.4 Å². The maximum Gasteiger partial charge on any atom is 0.332 e. The monoisotopic (exact) mass is 818 g/mol. The minimum atomic E-state index is -1.42. The summed E-state index contributed by atoms with van der Waals surface area (Å²) in [7, 11) is 2.91. The van der Waals surface area contributed by atoms with Crippen molar-refractivity contribution in [1.82, 2.24) is 5.32 Å². The molecule has 4 rings (SSSR count). The van der Waals surface area contributed by atoms with Gasteiger partial charge in [0.15, 0.2) is 23.7 Å². The van der Waals surface area contributed by atoms with E-state index < -0.39 is 59.8 Å². The van der Waals surface area contributed by atoms with E-state index in [2.05, 4.69) is 10.6 Å². The average Bonchev–Trinajstić information content (AvgIpc) is 3.22. The van der Waals surface area contributed by atoms with E-state index in [9.17, 15) is 39.0 Å². The van der Waals surface area contributed by atoms with Gasteiger partial charge in [0.1, 0.15) is 35.0 Å². The van der Waals surface area contributed by atoms with Crippen molar-refractivity contribution in [2.75, 3.05) is 19.5 Å². The molecule has 15 nitrogen and oxygen atoms in total. The van der Waals surface area contributed by atoms with Crippen molar-refractivity contribution in [1.29, 1.82) is 0 Å². The Hall–Kier alpha value is -6.38. The molecule has 318 valence electrons. The lowest BCUT2D eigenvalue weighted by Gasteiger charge is -2.29. The number of cyclic esters (lactones) is 2. The van der Waals surface area contributed by atoms with Crippen molar-refractivity contribution in [3.63, 3.8) is 0 Å². The Morgan fingerprint density at radius 1 is 0.898 bits per heavy atom. The molecule has 1 fully saturated rings. The van der Waals surface area contributed by atoms with Crippen LogP contribution in [0.3, 0.4) is 0 Å². The van der Waals surface area contributed by atoms with Crippen LogP contribution < -0.4 is 20.1 Å². The summed E-state index contributed by atoms with van der Waals surface area (Å²) in [6.07, 6.45) is 3.15. The first-order valence-corrected chi connectivity index (χ1v) is 19.3. The summed E-state index contributed by atoms with van der Waals surface area (Å²) in [4.78, 5) is 75.0. The Balaban J connectivity index is 0.000000372. The van der Waals surface area contributed by atoms with E-state index >= 15 is 0 Å². The number of esters is 3. The fraction of sp³-hybridized carbons (Fsp3) is 0.409. The zero-order valence-electron chi connectivity index (χ0n) is 34.4. The van der Waals surface area contributed by atoms with Gasteiger partial charge in [0, 0.05) is 18.6 Å². The first kappa shape index (κ1) is 47.0. The molecule has 15 heteroatoms. The maximum atomic E-state index is 13.3. The van der Waals surface area contributed by atoms with Gasteiger partial charge in [-0.1, -0.05) is 82.5 Å². The Labute approximate surface area is 344 Å². The zero-order chi connectivity index (χ0) is 43.6. The van der Waals surface area contributed by atoms with Gasteiger partial charge in [-0.25, -0.2) is 4.79 Å². The number of carbonyl (C=O) groups is 6. The SMILES string of the molecule is CCCCCC1C(=O)OC(C)C(NC(=O)c2cccc(NC=O)c2O)C(=O)OC(C)C1OC(=O)CC(C)C.COc1cc(O)c(C(=O)C=Cc2ccccc2)c(OC)c1. The molecule has 5 atom stereocenters. The summed E-state index contributed by atoms with van der Waals surface area (Å²) < 4.78 is 27.1. The third-order valence-corrected chi connectivity index (χ3v) is 9.22. The highest BCUT2D eigenvalue weighted by molar-refractivity contribution is 6.10. The molecule has 3 aromatic carbocycles. The van der Waals surface area contributed by atoms with Gasteiger partial charge < -0.3 is 44.5 Å². The van der Waals surface area contributed by atoms with Gasteiger partial charge in [-0.15, -0.1) is 0 Å². The fourth-order valence-electron chi connectivity index (χ4n) is 6.15. The van der Waals surface area contributed by atoms with E-state index in [1.807, 2.05) is 51.1 Å². The number of hydrogen-bond donors (Lipinski definition) is 4. The smallest absolute Gasteiger partial charge is 0.332 e. The Kier molecular flexibility index (Phi) is 18.4. The molecule has 0 aromatic heterocycles. The van der Waals surface area contributed by atoms with Crippen LogP contribution in [0.5, 0.6) is 23.0 Å². The highest BCUT2D eigenvalue weighted by Gasteiger charge is 2.44. The summed E-state index contributed by atoms with van der Waals surface area (Å²) in [5.74, 6) is -4.09. The minimum absolute atomic E-state index is 0.00114. The number of methoxy groups -OCH3 is 2. The molecule has 1 aliphatic rings. The third-order valence-electron chi connectivity index (χ3n) is 9.22. The molecule has 0 spiro atoms. The number of phenolic OH excluding ortho intramolecular Hbond substituents is 2. The lowest BCUT2D eigenvalue weighted by Crippen LogP contribution is -2.50. The zero-order valence-corrected chi connectivity index (χ0v) is 34.4. The van der Waals surface area contributed by atoms with Crippen LogP contribution in [0.15, 0.2) is 66.7 Å². The molecule has 3 aromatic rings. The normalized spacial score (nSPS) is 19.1. The summed E-state index contributed by atoms with van der Waals surface area (Å²) in [6.45, 7) is 8.70. The van der Waals surface area contributed by atoms with Gasteiger partial charge in [0.2, 0.25) is 6.41 Å². The van der Waals surface area contributed by atoms with Gasteiger partial charge in [0.25, 0.3) is 5.91 Å². The van der Waals surface area contributed by atoms with Crippen molar-refractivity contribution in [3.8, 4) is 23.0 Å². The molecule has 0 saturated carbocycles. The highest BCUT2D eigenvalue weighted by Crippen LogP contribution is 2.34. The Bertz CT molecular complexity index is 1950. The Morgan fingerprint density at radius 3 is 2.22 bits per heavy atom. The summed E-state index contributed by atoms with van der Waals surface area (Å²) in [6, 6.07) is 15.1. The molecule has 1 heterocycles. The standard InChI is InChI=1S/C27H38N2O9.C17H16O4/c1-6-7-8-10-19-24(38-21(31)13-15(2)3)17(5)37-27(35)22(16(4)36-26(19)34)29-25(33)18-11-9-12-20(23(18)32)28-14-30;1-20-13-10-15(19)17(16(11-13)21-2)14(18)9-8-12-6-4-3-5-7-12/h9,11-12,14-17,19,22,24,32H,6-8,10,13H2,1-5H3,(H,28,30)(H,29,33);3-11,19H,1-2H3. The molecule has 1 saturated heterocycles. The molecule has 5 unspecified atom stereocenters. The number of phenols is 2. The number of aromatic hydroxyl groups is 2. The second-order valence-corrected chi connectivity index (χ2v) is 14.2. The number of rotatable bonds is 16. The number of ketones is 1. The lowest BCUT2D eigenvalue weighted by atomic mass is 9.92. The van der Waals surface area contributed by atoms with Crippen LogP contribution >= 0.6 is 0 Å².